The molecular formula is C51H63N9O10S. The fourth-order valence-electron chi connectivity index (χ4n) is 8.82. The smallest absolute Gasteiger partial charge is 0.274 e. The summed E-state index contributed by atoms with van der Waals surface area (Å²) >= 11 is 0. The van der Waals surface area contributed by atoms with E-state index in [1.807, 2.05) is 30.3 Å². The van der Waals surface area contributed by atoms with Crippen molar-refractivity contribution in [3.05, 3.63) is 88.7 Å². The van der Waals surface area contributed by atoms with Gasteiger partial charge < -0.3 is 36.3 Å². The van der Waals surface area contributed by atoms with Crippen LogP contribution in [0.1, 0.15) is 104 Å². The molecule has 1 aliphatic carbocycles. The number of aryl methyl sites for hydroxylation is 2. The first-order valence-electron chi connectivity index (χ1n) is 23.9. The summed E-state index contributed by atoms with van der Waals surface area (Å²) in [5.41, 5.74) is 14.9. The third kappa shape index (κ3) is 14.7. The number of nitrogens with one attached hydrogen (secondary N) is 3. The number of nitriles is 1. The number of Topliss-reactive ketones (excluding diaryl/α,β-unsaturated/α-hetero) is 3. The predicted octanol–water partition coefficient (Wildman–Crippen LogP) is 4.16. The number of fused-ring (bicyclic) bond motifs is 5. The van der Waals surface area contributed by atoms with Crippen molar-refractivity contribution < 1.29 is 46.6 Å². The molecule has 3 aromatic carbocycles. The molecule has 1 aromatic heterocycles. The van der Waals surface area contributed by atoms with Crippen molar-refractivity contribution in [2.24, 2.45) is 28.4 Å². The van der Waals surface area contributed by atoms with E-state index in [1.165, 1.54) is 13.3 Å². The van der Waals surface area contributed by atoms with Gasteiger partial charge in [0, 0.05) is 67.9 Å². The maximum absolute atomic E-state index is 14.6. The summed E-state index contributed by atoms with van der Waals surface area (Å²) < 4.78 is 45.0. The Balaban J connectivity index is 1.35. The van der Waals surface area contributed by atoms with Gasteiger partial charge >= 0.3 is 0 Å². The molecule has 2 heterocycles. The highest BCUT2D eigenvalue weighted by Gasteiger charge is 2.34. The molecule has 4 bridgehead atoms. The van der Waals surface area contributed by atoms with Crippen LogP contribution in [0.4, 0.5) is 0 Å². The number of ether oxygens (including phenoxy) is 3. The van der Waals surface area contributed by atoms with Crippen molar-refractivity contribution in [3.63, 3.8) is 0 Å². The van der Waals surface area contributed by atoms with Crippen LogP contribution in [0.15, 0.2) is 60.7 Å². The molecule has 4 atom stereocenters. The van der Waals surface area contributed by atoms with Gasteiger partial charge in [0.1, 0.15) is 36.5 Å². The Hall–Kier alpha value is -6.63. The maximum atomic E-state index is 14.6. The summed E-state index contributed by atoms with van der Waals surface area (Å²) in [5, 5.41) is 20.1. The van der Waals surface area contributed by atoms with Crippen LogP contribution >= 0.6 is 0 Å². The Labute approximate surface area is 414 Å². The van der Waals surface area contributed by atoms with E-state index in [4.69, 9.17) is 30.8 Å². The number of rotatable bonds is 20. The summed E-state index contributed by atoms with van der Waals surface area (Å²) in [6.45, 7) is 4.71. The third-order valence-electron chi connectivity index (χ3n) is 12.5. The summed E-state index contributed by atoms with van der Waals surface area (Å²) in [6.07, 6.45) is 4.55. The minimum absolute atomic E-state index is 0.0458. The highest BCUT2D eigenvalue weighted by atomic mass is 32.2. The van der Waals surface area contributed by atoms with E-state index in [1.54, 1.807) is 50.2 Å². The molecule has 6 rings (SSSR count). The molecule has 0 saturated heterocycles. The molecule has 20 heteroatoms. The van der Waals surface area contributed by atoms with Crippen molar-refractivity contribution >= 4 is 39.4 Å². The third-order valence-corrected chi connectivity index (χ3v) is 13.0. The minimum Gasteiger partial charge on any atom is -0.492 e. The van der Waals surface area contributed by atoms with Gasteiger partial charge in [0.25, 0.3) is 10.2 Å². The number of amides is 2. The van der Waals surface area contributed by atoms with Crippen LogP contribution < -0.4 is 46.2 Å². The van der Waals surface area contributed by atoms with E-state index in [0.717, 1.165) is 31.4 Å². The first-order valence-corrected chi connectivity index (χ1v) is 25.4. The molecule has 0 radical (unpaired) electrons. The van der Waals surface area contributed by atoms with Crippen LogP contribution in [0.2, 0.25) is 0 Å². The number of carbonyl (C=O) groups excluding carboxylic acids is 5. The average molecular weight is 994 g/mol. The number of ketones is 3. The molecule has 71 heavy (non-hydrogen) atoms. The molecule has 2 aliphatic rings. The molecule has 1 aliphatic heterocycles. The average Bonchev–Trinajstić information content (AvgIpc) is 3.34. The second-order valence-corrected chi connectivity index (χ2v) is 19.4. The lowest BCUT2D eigenvalue weighted by molar-refractivity contribution is -0.133. The summed E-state index contributed by atoms with van der Waals surface area (Å²) in [7, 11) is -4.39. The van der Waals surface area contributed by atoms with Gasteiger partial charge in [-0.2, -0.15) is 13.7 Å². The van der Waals surface area contributed by atoms with Gasteiger partial charge in [-0.3, -0.25) is 24.0 Å². The first kappa shape index (κ1) is 53.7. The zero-order valence-corrected chi connectivity index (χ0v) is 41.1. The molecule has 9 N–H and O–H groups in total. The number of aromatic nitrogens is 2. The van der Waals surface area contributed by atoms with E-state index in [-0.39, 0.29) is 68.6 Å². The highest BCUT2D eigenvalue weighted by Crippen LogP contribution is 2.40. The second-order valence-electron chi connectivity index (χ2n) is 18.0. The van der Waals surface area contributed by atoms with Crippen molar-refractivity contribution in [2.45, 2.75) is 103 Å². The Kier molecular flexibility index (Phi) is 18.9. The number of hydrogen-bond acceptors (Lipinski definition) is 15. The van der Waals surface area contributed by atoms with Gasteiger partial charge in [0.15, 0.2) is 23.2 Å². The van der Waals surface area contributed by atoms with Crippen LogP contribution in [0.5, 0.6) is 17.2 Å². The molecular weight excluding hydrogens is 931 g/mol. The number of nitrogens with zero attached hydrogens (tertiary/aromatic N) is 3. The Bertz CT molecular complexity index is 2720. The van der Waals surface area contributed by atoms with Crippen LogP contribution in [0.3, 0.4) is 0 Å². The molecule has 19 nitrogen and oxygen atoms in total. The maximum Gasteiger partial charge on any atom is 0.274 e. The number of nitrogens with two attached hydrogens (primary N) is 3. The van der Waals surface area contributed by atoms with Crippen molar-refractivity contribution in [1.82, 2.24) is 25.3 Å². The number of hydrogen-bond donors (Lipinski definition) is 6. The standard InChI is InChI=1S/C51H63N9O10S/c1-30-24-44(63)48(35-14-18-46(69-23-21-54)40(27-35)39-25-33(11-17-45(39)68-22-20-53)26-41(59-50(30)64)42(61)10-7-19-52)60-51(65)36(29-56-71(55,66)67)28-43(62)47-31(2)57-49(58-32(47)3)34-12-15-38(16-13-34)70-37-8-5-4-6-9-37/h11-18,25,27,30,36-37,41,48,56H,4-10,20-24,26,28-29,53-54H2,1-3H3,(H,59,64)(H,60,65)(H2,55,66,67)/t30-,36+,41+,48+/m1/s1. The monoisotopic (exact) mass is 993 g/mol. The first-order chi connectivity index (χ1) is 34.0. The Morgan fingerprint density at radius 2 is 1.52 bits per heavy atom. The molecule has 0 spiro atoms. The number of carbonyl (C=O) groups is 5. The lowest BCUT2D eigenvalue weighted by Crippen LogP contribution is -2.46. The van der Waals surface area contributed by atoms with Gasteiger partial charge in [-0.1, -0.05) is 25.5 Å². The van der Waals surface area contributed by atoms with Crippen molar-refractivity contribution in [2.75, 3.05) is 32.8 Å². The van der Waals surface area contributed by atoms with Gasteiger partial charge in [-0.15, -0.1) is 0 Å². The van der Waals surface area contributed by atoms with Gasteiger partial charge in [0.2, 0.25) is 11.8 Å². The van der Waals surface area contributed by atoms with Crippen LogP contribution in [0.25, 0.3) is 22.5 Å². The van der Waals surface area contributed by atoms with Crippen molar-refractivity contribution in [1.29, 1.82) is 5.26 Å². The summed E-state index contributed by atoms with van der Waals surface area (Å²) in [4.78, 5) is 80.0. The quantitative estimate of drug-likeness (QED) is 0.0678. The fraction of sp³-hybridized carbons (Fsp3) is 0.451. The molecule has 1 fully saturated rings. The lowest BCUT2D eigenvalue weighted by Gasteiger charge is -2.26. The summed E-state index contributed by atoms with van der Waals surface area (Å²) in [5.74, 6) is -3.75. The Morgan fingerprint density at radius 1 is 0.887 bits per heavy atom. The predicted molar refractivity (Wildman–Crippen MR) is 264 cm³/mol. The SMILES string of the molecule is Cc1nc(-c2ccc(OC3CCCCC3)cc2)nc(C)c1C(=O)C[C@@H](CNS(N)(=O)=O)C(=O)N[C@@H]1C(=O)C[C@@H](C)C(=O)N[C@H](C(=O)CCC#N)Cc2ccc(OCCN)c(c2)-c2cc1ccc2OCCN. The molecule has 1 saturated carbocycles. The second kappa shape index (κ2) is 25.0. The van der Waals surface area contributed by atoms with E-state index in [9.17, 15) is 37.7 Å². The lowest BCUT2D eigenvalue weighted by atomic mass is 9.89. The van der Waals surface area contributed by atoms with Crippen molar-refractivity contribution in [3.8, 4) is 45.8 Å². The fourth-order valence-corrected chi connectivity index (χ4v) is 9.25. The van der Waals surface area contributed by atoms with Gasteiger partial charge in [-0.05, 0) is 106 Å². The van der Waals surface area contributed by atoms with E-state index in [2.05, 4.69) is 25.3 Å². The van der Waals surface area contributed by atoms with E-state index in [0.29, 0.717) is 51.0 Å². The van der Waals surface area contributed by atoms with Crippen LogP contribution in [-0.4, -0.2) is 92.5 Å². The normalized spacial score (nSPS) is 18.0. The molecule has 0 unspecified atom stereocenters. The van der Waals surface area contributed by atoms with Gasteiger partial charge in [0.05, 0.1) is 41.1 Å². The van der Waals surface area contributed by atoms with Crippen LogP contribution in [-0.2, 0) is 35.8 Å². The highest BCUT2D eigenvalue weighted by molar-refractivity contribution is 7.87. The zero-order valence-electron chi connectivity index (χ0n) is 40.3. The number of benzene rings is 3. The topological polar surface area (TPSA) is 311 Å². The Morgan fingerprint density at radius 3 is 2.14 bits per heavy atom. The van der Waals surface area contributed by atoms with Gasteiger partial charge in [-0.25, -0.2) is 19.8 Å². The summed E-state index contributed by atoms with van der Waals surface area (Å²) in [6, 6.07) is 16.8. The molecule has 378 valence electrons. The molecule has 4 aromatic rings. The van der Waals surface area contributed by atoms with Crippen LogP contribution in [0, 0.1) is 37.0 Å². The largest absolute Gasteiger partial charge is 0.492 e. The molecule has 2 amide bonds. The minimum atomic E-state index is -4.39. The van der Waals surface area contributed by atoms with E-state index < -0.39 is 76.9 Å². The van der Waals surface area contributed by atoms with E-state index >= 15 is 0 Å². The zero-order chi connectivity index (χ0) is 51.2.